The monoisotopic (exact) mass is 461 g/mol. The molecular formula is C22H28ClN5O2S. The Bertz CT molecular complexity index is 957. The first-order chi connectivity index (χ1) is 15.1. The van der Waals surface area contributed by atoms with Crippen molar-refractivity contribution in [1.29, 1.82) is 0 Å². The SMILES string of the molecule is COC(C)CNc1nc(Cl)c(C2=Nc3ccccc3CS2)c(NC2CCC(CO)C2)n1. The van der Waals surface area contributed by atoms with Crippen LogP contribution in [-0.4, -0.2) is 52.5 Å². The van der Waals surface area contributed by atoms with Gasteiger partial charge in [-0.3, -0.25) is 0 Å². The molecule has 2 aliphatic rings. The number of aliphatic hydroxyl groups excluding tert-OH is 1. The Balaban J connectivity index is 1.67. The molecule has 0 amide bonds. The first kappa shape index (κ1) is 22.3. The molecule has 0 bridgehead atoms. The van der Waals surface area contributed by atoms with Crippen molar-refractivity contribution in [3.63, 3.8) is 0 Å². The van der Waals surface area contributed by atoms with Crippen LogP contribution in [0.25, 0.3) is 0 Å². The number of halogens is 1. The maximum Gasteiger partial charge on any atom is 0.226 e. The predicted octanol–water partition coefficient (Wildman–Crippen LogP) is 4.47. The van der Waals surface area contributed by atoms with E-state index in [0.29, 0.717) is 29.4 Å². The number of aromatic nitrogens is 2. The highest BCUT2D eigenvalue weighted by molar-refractivity contribution is 8.13. The van der Waals surface area contributed by atoms with Gasteiger partial charge in [-0.2, -0.15) is 4.98 Å². The summed E-state index contributed by atoms with van der Waals surface area (Å²) in [4.78, 5) is 14.1. The summed E-state index contributed by atoms with van der Waals surface area (Å²) < 4.78 is 5.30. The van der Waals surface area contributed by atoms with Gasteiger partial charge in [-0.1, -0.05) is 29.8 Å². The molecule has 0 saturated heterocycles. The van der Waals surface area contributed by atoms with Crippen molar-refractivity contribution in [1.82, 2.24) is 9.97 Å². The standard InChI is InChI=1S/C22H28ClN5O2S/c1-13(30-2)10-24-22-27-19(23)18(20(28-22)25-16-8-7-14(9-16)11-29)21-26-17-6-4-3-5-15(17)12-31-21/h3-6,13-14,16,29H,7-12H2,1-2H3,(H2,24,25,27,28). The molecule has 2 aromatic rings. The van der Waals surface area contributed by atoms with Gasteiger partial charge in [-0.05, 0) is 43.7 Å². The molecule has 1 fully saturated rings. The number of hydrogen-bond donors (Lipinski definition) is 3. The molecule has 1 aliphatic heterocycles. The number of anilines is 2. The highest BCUT2D eigenvalue weighted by Gasteiger charge is 2.28. The van der Waals surface area contributed by atoms with E-state index in [1.807, 2.05) is 25.1 Å². The van der Waals surface area contributed by atoms with Crippen molar-refractivity contribution >= 4 is 45.9 Å². The van der Waals surface area contributed by atoms with Gasteiger partial charge in [0.1, 0.15) is 16.0 Å². The van der Waals surface area contributed by atoms with Crippen LogP contribution in [0, 0.1) is 5.92 Å². The van der Waals surface area contributed by atoms with Crippen LogP contribution < -0.4 is 10.6 Å². The number of methoxy groups -OCH3 is 1. The Morgan fingerprint density at radius 3 is 2.90 bits per heavy atom. The van der Waals surface area contributed by atoms with E-state index in [1.54, 1.807) is 18.9 Å². The smallest absolute Gasteiger partial charge is 0.226 e. The molecule has 31 heavy (non-hydrogen) atoms. The van der Waals surface area contributed by atoms with Crippen LogP contribution in [0.15, 0.2) is 29.3 Å². The lowest BCUT2D eigenvalue weighted by Gasteiger charge is -2.21. The van der Waals surface area contributed by atoms with E-state index >= 15 is 0 Å². The average molecular weight is 462 g/mol. The second kappa shape index (κ2) is 10.2. The molecule has 1 aromatic heterocycles. The highest BCUT2D eigenvalue weighted by atomic mass is 35.5. The molecule has 3 unspecified atom stereocenters. The minimum Gasteiger partial charge on any atom is -0.396 e. The zero-order chi connectivity index (χ0) is 21.8. The van der Waals surface area contributed by atoms with Gasteiger partial charge in [0.2, 0.25) is 5.95 Å². The normalized spacial score (nSPS) is 21.4. The number of rotatable bonds is 8. The fourth-order valence-electron chi connectivity index (χ4n) is 3.85. The molecule has 3 N–H and O–H groups in total. The van der Waals surface area contributed by atoms with Crippen molar-refractivity contribution in [3.05, 3.63) is 40.5 Å². The van der Waals surface area contributed by atoms with Gasteiger partial charge < -0.3 is 20.5 Å². The minimum absolute atomic E-state index is 0.0217. The van der Waals surface area contributed by atoms with Crippen molar-refractivity contribution in [2.75, 3.05) is 30.9 Å². The Hall–Kier alpha value is -1.87. The van der Waals surface area contributed by atoms with Gasteiger partial charge in [0.05, 0.1) is 17.4 Å². The number of ether oxygens (including phenoxy) is 1. The second-order valence-electron chi connectivity index (χ2n) is 8.03. The highest BCUT2D eigenvalue weighted by Crippen LogP contribution is 2.38. The third kappa shape index (κ3) is 5.31. The van der Waals surface area contributed by atoms with Gasteiger partial charge >= 0.3 is 0 Å². The molecule has 1 aromatic carbocycles. The van der Waals surface area contributed by atoms with Crippen molar-refractivity contribution in [2.24, 2.45) is 10.9 Å². The molecule has 1 saturated carbocycles. The summed E-state index contributed by atoms with van der Waals surface area (Å²) in [6, 6.07) is 8.36. The summed E-state index contributed by atoms with van der Waals surface area (Å²) in [5.41, 5.74) is 2.89. The van der Waals surface area contributed by atoms with Crippen molar-refractivity contribution in [3.8, 4) is 0 Å². The van der Waals surface area contributed by atoms with Crippen LogP contribution in [0.5, 0.6) is 0 Å². The number of hydrogen-bond acceptors (Lipinski definition) is 8. The van der Waals surface area contributed by atoms with Crippen LogP contribution >= 0.6 is 23.4 Å². The quantitative estimate of drug-likeness (QED) is 0.499. The molecule has 0 radical (unpaired) electrons. The largest absolute Gasteiger partial charge is 0.396 e. The molecule has 9 heteroatoms. The number of para-hydroxylation sites is 1. The number of nitrogens with one attached hydrogen (secondary N) is 2. The lowest BCUT2D eigenvalue weighted by molar-refractivity contribution is 0.128. The van der Waals surface area contributed by atoms with Gasteiger partial charge in [-0.15, -0.1) is 11.8 Å². The Morgan fingerprint density at radius 2 is 2.13 bits per heavy atom. The van der Waals surface area contributed by atoms with Gasteiger partial charge in [0.15, 0.2) is 0 Å². The summed E-state index contributed by atoms with van der Waals surface area (Å²) in [6.07, 6.45) is 2.91. The topological polar surface area (TPSA) is 91.7 Å². The Labute approximate surface area is 192 Å². The van der Waals surface area contributed by atoms with E-state index in [1.165, 1.54) is 5.56 Å². The maximum absolute atomic E-state index is 9.52. The Morgan fingerprint density at radius 1 is 1.29 bits per heavy atom. The first-order valence-corrected chi connectivity index (χ1v) is 11.9. The third-order valence-corrected chi connectivity index (χ3v) is 7.04. The first-order valence-electron chi connectivity index (χ1n) is 10.6. The molecular weight excluding hydrogens is 434 g/mol. The number of nitrogens with zero attached hydrogens (tertiary/aromatic N) is 3. The van der Waals surface area contributed by atoms with E-state index in [4.69, 9.17) is 26.3 Å². The summed E-state index contributed by atoms with van der Waals surface area (Å²) >= 11 is 8.33. The summed E-state index contributed by atoms with van der Waals surface area (Å²) in [5, 5.41) is 17.5. The number of aliphatic hydroxyl groups is 1. The fourth-order valence-corrected chi connectivity index (χ4v) is 5.20. The van der Waals surface area contributed by atoms with Crippen LogP contribution in [0.1, 0.15) is 37.3 Å². The van der Waals surface area contributed by atoms with Crippen LogP contribution in [-0.2, 0) is 10.5 Å². The molecule has 4 rings (SSSR count). The predicted molar refractivity (Wildman–Crippen MR) is 128 cm³/mol. The van der Waals surface area contributed by atoms with Gasteiger partial charge in [0, 0.05) is 32.1 Å². The Kier molecular flexibility index (Phi) is 7.32. The molecule has 166 valence electrons. The van der Waals surface area contributed by atoms with E-state index in [0.717, 1.165) is 41.3 Å². The van der Waals surface area contributed by atoms with Crippen LogP contribution in [0.2, 0.25) is 5.15 Å². The minimum atomic E-state index is 0.0217. The second-order valence-corrected chi connectivity index (χ2v) is 9.35. The van der Waals surface area contributed by atoms with Crippen molar-refractivity contribution in [2.45, 2.75) is 44.1 Å². The molecule has 1 aliphatic carbocycles. The molecule has 7 nitrogen and oxygen atoms in total. The van der Waals surface area contributed by atoms with Crippen LogP contribution in [0.3, 0.4) is 0 Å². The number of thioether (sulfide) groups is 1. The van der Waals surface area contributed by atoms with Gasteiger partial charge in [-0.25, -0.2) is 9.98 Å². The summed E-state index contributed by atoms with van der Waals surface area (Å²) in [6.45, 7) is 2.77. The van der Waals surface area contributed by atoms with Gasteiger partial charge in [0.25, 0.3) is 0 Å². The van der Waals surface area contributed by atoms with E-state index in [9.17, 15) is 5.11 Å². The van der Waals surface area contributed by atoms with Crippen molar-refractivity contribution < 1.29 is 9.84 Å². The van der Waals surface area contributed by atoms with Crippen LogP contribution in [0.4, 0.5) is 17.5 Å². The third-order valence-electron chi connectivity index (χ3n) is 5.75. The number of benzene rings is 1. The lowest BCUT2D eigenvalue weighted by Crippen LogP contribution is -2.23. The summed E-state index contributed by atoms with van der Waals surface area (Å²) in [7, 11) is 1.67. The summed E-state index contributed by atoms with van der Waals surface area (Å²) in [5.74, 6) is 2.29. The van der Waals surface area contributed by atoms with E-state index in [-0.39, 0.29) is 18.8 Å². The average Bonchev–Trinajstić information content (AvgIpc) is 3.24. The van der Waals surface area contributed by atoms with E-state index < -0.39 is 0 Å². The zero-order valence-corrected chi connectivity index (χ0v) is 19.3. The number of fused-ring (bicyclic) bond motifs is 1. The fraction of sp³-hybridized carbons (Fsp3) is 0.500. The lowest BCUT2D eigenvalue weighted by atomic mass is 10.1. The molecule has 2 heterocycles. The van der Waals surface area contributed by atoms with E-state index in [2.05, 4.69) is 21.7 Å². The molecule has 3 atom stereocenters. The number of aliphatic imine (C=N–C) groups is 1. The maximum atomic E-state index is 9.52. The zero-order valence-electron chi connectivity index (χ0n) is 17.8. The molecule has 0 spiro atoms.